The maximum atomic E-state index is 12.0. The van der Waals surface area contributed by atoms with Gasteiger partial charge in [0.1, 0.15) is 11.3 Å². The van der Waals surface area contributed by atoms with Crippen LogP contribution >= 0.6 is 0 Å². The molecule has 0 aliphatic rings. The Labute approximate surface area is 151 Å². The third-order valence-corrected chi connectivity index (χ3v) is 3.82. The van der Waals surface area contributed by atoms with E-state index in [2.05, 4.69) is 5.32 Å². The van der Waals surface area contributed by atoms with Crippen LogP contribution in [0.4, 0.5) is 0 Å². The molecule has 2 rings (SSSR count). The molecule has 2 N–H and O–H groups in total. The lowest BCUT2D eigenvalue weighted by molar-refractivity contribution is -0.128. The minimum Gasteiger partial charge on any atom is -0.507 e. The second-order valence-electron chi connectivity index (χ2n) is 6.02. The molecule has 2 aromatic rings. The summed E-state index contributed by atoms with van der Waals surface area (Å²) in [5.74, 6) is -1.79. The molecule has 1 amide bonds. The number of aromatic hydroxyl groups is 1. The molecule has 0 saturated carbocycles. The van der Waals surface area contributed by atoms with Gasteiger partial charge in [0.2, 0.25) is 0 Å². The number of carbonyl (C=O) groups is 3. The van der Waals surface area contributed by atoms with Crippen molar-refractivity contribution in [1.29, 1.82) is 0 Å². The number of nitrogens with one attached hydrogen (secondary N) is 1. The minimum absolute atomic E-state index is 0.0178. The molecule has 26 heavy (non-hydrogen) atoms. The minimum atomic E-state index is -0.805. The number of phenolic OH excluding ortho intramolecular Hbond substituents is 1. The summed E-state index contributed by atoms with van der Waals surface area (Å²) in [5, 5.41) is 12.3. The highest BCUT2D eigenvalue weighted by Gasteiger charge is 2.19. The molecule has 0 radical (unpaired) electrons. The van der Waals surface area contributed by atoms with Crippen LogP contribution in [0.3, 0.4) is 0 Å². The van der Waals surface area contributed by atoms with E-state index in [0.29, 0.717) is 6.42 Å². The van der Waals surface area contributed by atoms with Crippen LogP contribution < -0.4 is 5.32 Å². The van der Waals surface area contributed by atoms with Crippen LogP contribution in [0.5, 0.6) is 5.75 Å². The van der Waals surface area contributed by atoms with Crippen molar-refractivity contribution >= 4 is 17.7 Å². The molecule has 0 aliphatic carbocycles. The van der Waals surface area contributed by atoms with Crippen LogP contribution in [0.1, 0.15) is 28.4 Å². The molecule has 0 heterocycles. The number of ketones is 1. The van der Waals surface area contributed by atoms with E-state index >= 15 is 0 Å². The summed E-state index contributed by atoms with van der Waals surface area (Å²) in [6.07, 6.45) is 0.356. The zero-order valence-corrected chi connectivity index (χ0v) is 14.7. The summed E-state index contributed by atoms with van der Waals surface area (Å²) in [6, 6.07) is 13.1. The van der Waals surface area contributed by atoms with Gasteiger partial charge in [-0.25, -0.2) is 4.79 Å². The van der Waals surface area contributed by atoms with E-state index in [4.69, 9.17) is 4.74 Å². The predicted molar refractivity (Wildman–Crippen MR) is 95.9 cm³/mol. The smallest absolute Gasteiger partial charge is 0.342 e. The van der Waals surface area contributed by atoms with Crippen LogP contribution in [0.15, 0.2) is 48.5 Å². The molecule has 0 spiro atoms. The number of aryl methyl sites for hydroxylation is 1. The van der Waals surface area contributed by atoms with Gasteiger partial charge in [0.05, 0.1) is 6.04 Å². The zero-order chi connectivity index (χ0) is 19.1. The number of rotatable bonds is 7. The molecule has 136 valence electrons. The number of hydrogen-bond acceptors (Lipinski definition) is 5. The number of carbonyl (C=O) groups excluding carboxylic acids is 3. The molecule has 6 heteroatoms. The molecule has 2 aromatic carbocycles. The topological polar surface area (TPSA) is 92.7 Å². The first-order valence-electron chi connectivity index (χ1n) is 8.17. The highest BCUT2D eigenvalue weighted by molar-refractivity contribution is 5.94. The van der Waals surface area contributed by atoms with Gasteiger partial charge < -0.3 is 15.2 Å². The number of Topliss-reactive ketones (excluding diaryl/α,β-unsaturated/α-hetero) is 1. The van der Waals surface area contributed by atoms with Crippen molar-refractivity contribution < 1.29 is 24.2 Å². The maximum Gasteiger partial charge on any atom is 0.342 e. The van der Waals surface area contributed by atoms with Gasteiger partial charge in [-0.15, -0.1) is 0 Å². The average molecular weight is 355 g/mol. The van der Waals surface area contributed by atoms with Crippen LogP contribution in [0, 0.1) is 6.92 Å². The first-order chi connectivity index (χ1) is 12.4. The molecule has 0 fully saturated rings. The molecule has 0 aromatic heterocycles. The van der Waals surface area contributed by atoms with E-state index in [0.717, 1.165) is 11.1 Å². The van der Waals surface area contributed by atoms with Gasteiger partial charge in [0.25, 0.3) is 5.91 Å². The lowest BCUT2D eigenvalue weighted by Crippen LogP contribution is -2.43. The number of amides is 1. The van der Waals surface area contributed by atoms with E-state index in [1.807, 2.05) is 30.3 Å². The summed E-state index contributed by atoms with van der Waals surface area (Å²) in [5.41, 5.74) is 1.69. The van der Waals surface area contributed by atoms with Gasteiger partial charge in [-0.05, 0) is 43.5 Å². The lowest BCUT2D eigenvalue weighted by Gasteiger charge is -2.16. The van der Waals surface area contributed by atoms with Crippen molar-refractivity contribution in [3.63, 3.8) is 0 Å². The Hall–Kier alpha value is -3.15. The van der Waals surface area contributed by atoms with E-state index < -0.39 is 24.5 Å². The van der Waals surface area contributed by atoms with Gasteiger partial charge in [0, 0.05) is 0 Å². The number of hydrogen-bond donors (Lipinski definition) is 2. The van der Waals surface area contributed by atoms with Crippen molar-refractivity contribution in [2.75, 3.05) is 6.61 Å². The molecule has 0 unspecified atom stereocenters. The number of benzene rings is 2. The second kappa shape index (κ2) is 8.80. The normalized spacial score (nSPS) is 11.5. The van der Waals surface area contributed by atoms with Gasteiger partial charge in [0.15, 0.2) is 12.4 Å². The summed E-state index contributed by atoms with van der Waals surface area (Å²) in [7, 11) is 0. The fraction of sp³-hybridized carbons (Fsp3) is 0.250. The first kappa shape index (κ1) is 19.2. The average Bonchev–Trinajstić information content (AvgIpc) is 2.60. The Kier molecular flexibility index (Phi) is 6.49. The van der Waals surface area contributed by atoms with Gasteiger partial charge in [-0.1, -0.05) is 36.4 Å². The molecule has 0 aliphatic heterocycles. The summed E-state index contributed by atoms with van der Waals surface area (Å²) in [4.78, 5) is 35.7. The highest BCUT2D eigenvalue weighted by Crippen LogP contribution is 2.19. The van der Waals surface area contributed by atoms with Crippen LogP contribution in [0.25, 0.3) is 0 Å². The van der Waals surface area contributed by atoms with Crippen molar-refractivity contribution in [2.24, 2.45) is 0 Å². The molecule has 0 bridgehead atoms. The standard InChI is InChI=1S/C20H21NO5/c1-13-8-9-16(18(23)10-13)20(25)26-12-19(24)21-17(14(2)22)11-15-6-4-3-5-7-15/h3-10,17,23H,11-12H2,1-2H3,(H,21,24)/t17-/m1/s1. The number of phenols is 1. The SMILES string of the molecule is CC(=O)[C@@H](Cc1ccccc1)NC(=O)COC(=O)c1ccc(C)cc1O. The monoisotopic (exact) mass is 355 g/mol. The second-order valence-corrected chi connectivity index (χ2v) is 6.02. The highest BCUT2D eigenvalue weighted by atomic mass is 16.5. The molecule has 6 nitrogen and oxygen atoms in total. The third-order valence-electron chi connectivity index (χ3n) is 3.82. The fourth-order valence-corrected chi connectivity index (χ4v) is 2.41. The maximum absolute atomic E-state index is 12.0. The van der Waals surface area contributed by atoms with Crippen molar-refractivity contribution in [3.8, 4) is 5.75 Å². The molecular weight excluding hydrogens is 334 g/mol. The van der Waals surface area contributed by atoms with Gasteiger partial charge in [-0.3, -0.25) is 9.59 Å². The molecule has 1 atom stereocenters. The Morgan fingerprint density at radius 2 is 1.81 bits per heavy atom. The largest absolute Gasteiger partial charge is 0.507 e. The van der Waals surface area contributed by atoms with Crippen LogP contribution in [0.2, 0.25) is 0 Å². The third kappa shape index (κ3) is 5.44. The van der Waals surface area contributed by atoms with Crippen LogP contribution in [-0.4, -0.2) is 35.4 Å². The Morgan fingerprint density at radius 1 is 1.12 bits per heavy atom. The van der Waals surface area contributed by atoms with E-state index in [1.54, 1.807) is 13.0 Å². The van der Waals surface area contributed by atoms with E-state index in [-0.39, 0.29) is 17.1 Å². The number of esters is 1. The first-order valence-corrected chi connectivity index (χ1v) is 8.17. The number of ether oxygens (including phenoxy) is 1. The quantitative estimate of drug-likeness (QED) is 0.743. The van der Waals surface area contributed by atoms with E-state index in [9.17, 15) is 19.5 Å². The van der Waals surface area contributed by atoms with Gasteiger partial charge >= 0.3 is 5.97 Å². The summed E-state index contributed by atoms with van der Waals surface area (Å²) in [6.45, 7) is 2.63. The zero-order valence-electron chi connectivity index (χ0n) is 14.7. The van der Waals surface area contributed by atoms with Crippen molar-refractivity contribution in [1.82, 2.24) is 5.32 Å². The van der Waals surface area contributed by atoms with Crippen LogP contribution in [-0.2, 0) is 20.7 Å². The van der Waals surface area contributed by atoms with Gasteiger partial charge in [-0.2, -0.15) is 0 Å². The molecule has 0 saturated heterocycles. The predicted octanol–water partition coefficient (Wildman–Crippen LogP) is 2.17. The Balaban J connectivity index is 1.91. The molecular formula is C20H21NO5. The fourth-order valence-electron chi connectivity index (χ4n) is 2.41. The van der Waals surface area contributed by atoms with Crippen molar-refractivity contribution in [3.05, 3.63) is 65.2 Å². The Morgan fingerprint density at radius 3 is 2.42 bits per heavy atom. The Bertz CT molecular complexity index is 801. The van der Waals surface area contributed by atoms with Crippen molar-refractivity contribution in [2.45, 2.75) is 26.3 Å². The lowest BCUT2D eigenvalue weighted by atomic mass is 10.0. The summed E-state index contributed by atoms with van der Waals surface area (Å²) < 4.78 is 4.92. The van der Waals surface area contributed by atoms with E-state index in [1.165, 1.54) is 19.1 Å². The summed E-state index contributed by atoms with van der Waals surface area (Å²) >= 11 is 0.